The number of rotatable bonds is 6. The number of Topliss-reactive ketones (excluding diaryl/α,β-unsaturated/α-hetero) is 1. The number of carbonyl (C=O) groups is 2. The van der Waals surface area contributed by atoms with E-state index in [4.69, 9.17) is 9.47 Å². The van der Waals surface area contributed by atoms with Crippen LogP contribution in [-0.4, -0.2) is 24.6 Å². The highest BCUT2D eigenvalue weighted by molar-refractivity contribution is 5.98. The Morgan fingerprint density at radius 1 is 0.963 bits per heavy atom. The summed E-state index contributed by atoms with van der Waals surface area (Å²) >= 11 is 0. The molecule has 2 aromatic carbocycles. The third-order valence-electron chi connectivity index (χ3n) is 4.12. The first-order valence-corrected chi connectivity index (χ1v) is 8.94. The number of ether oxygens (including phenoxy) is 2. The molecule has 2 aromatic rings. The molecule has 0 heterocycles. The Hall–Kier alpha value is -2.82. The lowest BCUT2D eigenvalue weighted by Crippen LogP contribution is -2.39. The van der Waals surface area contributed by atoms with Crippen molar-refractivity contribution >= 4 is 11.9 Å². The van der Waals surface area contributed by atoms with Crippen molar-refractivity contribution in [2.24, 2.45) is 5.92 Å². The van der Waals surface area contributed by atoms with Crippen LogP contribution in [0, 0.1) is 5.92 Å². The van der Waals surface area contributed by atoms with Gasteiger partial charge < -0.3 is 14.8 Å². The van der Waals surface area contributed by atoms with Gasteiger partial charge in [0.2, 0.25) is 0 Å². The molecule has 0 bridgehead atoms. The Labute approximate surface area is 160 Å². The maximum atomic E-state index is 13.0. The molecule has 0 aliphatic heterocycles. The quantitative estimate of drug-likeness (QED) is 0.744. The number of hydrogen-bond acceptors (Lipinski definition) is 4. The Kier molecular flexibility index (Phi) is 6.61. The van der Waals surface area contributed by atoms with Gasteiger partial charge in [-0.05, 0) is 50.6 Å². The van der Waals surface area contributed by atoms with Crippen molar-refractivity contribution in [3.05, 3.63) is 65.7 Å². The van der Waals surface area contributed by atoms with E-state index in [-0.39, 0.29) is 5.78 Å². The third kappa shape index (κ3) is 5.84. The molecule has 0 saturated carbocycles. The predicted molar refractivity (Wildman–Crippen MR) is 105 cm³/mol. The molecule has 1 N–H and O–H groups in total. The molecule has 1 amide bonds. The number of carbonyl (C=O) groups excluding carboxylic acids is 2. The lowest BCUT2D eigenvalue weighted by atomic mass is 9.88. The van der Waals surface area contributed by atoms with Gasteiger partial charge in [-0.1, -0.05) is 37.3 Å². The van der Waals surface area contributed by atoms with Crippen molar-refractivity contribution in [1.29, 1.82) is 0 Å². The Balaban J connectivity index is 2.25. The summed E-state index contributed by atoms with van der Waals surface area (Å²) in [7, 11) is 1.58. The first-order chi connectivity index (χ1) is 12.7. The second-order valence-electron chi connectivity index (χ2n) is 7.42. The van der Waals surface area contributed by atoms with Crippen LogP contribution < -0.4 is 10.1 Å². The number of alkyl carbamates (subject to hydrolysis) is 1. The molecule has 2 rings (SSSR count). The van der Waals surface area contributed by atoms with E-state index in [1.54, 1.807) is 52.1 Å². The van der Waals surface area contributed by atoms with Gasteiger partial charge >= 0.3 is 6.09 Å². The summed E-state index contributed by atoms with van der Waals surface area (Å²) < 4.78 is 10.5. The van der Waals surface area contributed by atoms with Crippen LogP contribution >= 0.6 is 0 Å². The first-order valence-electron chi connectivity index (χ1n) is 8.94. The summed E-state index contributed by atoms with van der Waals surface area (Å²) in [5, 5.41) is 2.86. The fraction of sp³-hybridized carbons (Fsp3) is 0.364. The molecule has 5 nitrogen and oxygen atoms in total. The van der Waals surface area contributed by atoms with Crippen LogP contribution in [0.15, 0.2) is 54.6 Å². The summed E-state index contributed by atoms with van der Waals surface area (Å²) in [5.74, 6) is 0.140. The lowest BCUT2D eigenvalue weighted by molar-refractivity contribution is 0.0485. The Morgan fingerprint density at radius 3 is 2.07 bits per heavy atom. The van der Waals surface area contributed by atoms with Gasteiger partial charge in [-0.2, -0.15) is 0 Å². The standard InChI is InChI=1S/C22H27NO4/c1-15(20(24)17-11-13-18(26-5)14-12-17)19(16-9-7-6-8-10-16)23-21(25)27-22(2,3)4/h6-15,19H,1-5H3,(H,23,25)/t15-,19+/m1/s1. The van der Waals surface area contributed by atoms with E-state index >= 15 is 0 Å². The van der Waals surface area contributed by atoms with E-state index in [1.165, 1.54) is 0 Å². The molecule has 144 valence electrons. The van der Waals surface area contributed by atoms with E-state index in [2.05, 4.69) is 5.32 Å². The van der Waals surface area contributed by atoms with Crippen LogP contribution in [-0.2, 0) is 4.74 Å². The largest absolute Gasteiger partial charge is 0.497 e. The van der Waals surface area contributed by atoms with Gasteiger partial charge in [0.15, 0.2) is 5.78 Å². The molecule has 5 heteroatoms. The van der Waals surface area contributed by atoms with Gasteiger partial charge in [-0.25, -0.2) is 4.79 Å². The monoisotopic (exact) mass is 369 g/mol. The molecule has 0 fully saturated rings. The summed E-state index contributed by atoms with van der Waals surface area (Å²) in [4.78, 5) is 25.3. The molecule has 0 aliphatic rings. The Bertz CT molecular complexity index is 763. The number of benzene rings is 2. The minimum Gasteiger partial charge on any atom is -0.497 e. The SMILES string of the molecule is COc1ccc(C(=O)[C@H](C)[C@H](NC(=O)OC(C)(C)C)c2ccccc2)cc1. The summed E-state index contributed by atoms with van der Waals surface area (Å²) in [5.41, 5.74) is 0.794. The molecule has 27 heavy (non-hydrogen) atoms. The average molecular weight is 369 g/mol. The van der Waals surface area contributed by atoms with Gasteiger partial charge in [0.05, 0.1) is 13.2 Å². The number of amides is 1. The molecule has 0 aromatic heterocycles. The summed E-state index contributed by atoms with van der Waals surface area (Å²) in [6, 6.07) is 15.9. The van der Waals surface area contributed by atoms with Gasteiger partial charge in [0, 0.05) is 11.5 Å². The summed E-state index contributed by atoms with van der Waals surface area (Å²) in [6.07, 6.45) is -0.550. The molecule has 2 atom stereocenters. The van der Waals surface area contributed by atoms with E-state index in [9.17, 15) is 9.59 Å². The highest BCUT2D eigenvalue weighted by atomic mass is 16.6. The fourth-order valence-electron chi connectivity index (χ4n) is 2.76. The van der Waals surface area contributed by atoms with Crippen LogP contribution in [0.1, 0.15) is 49.7 Å². The minimum atomic E-state index is -0.617. The van der Waals surface area contributed by atoms with Crippen molar-refractivity contribution in [2.75, 3.05) is 7.11 Å². The second-order valence-corrected chi connectivity index (χ2v) is 7.42. The molecular weight excluding hydrogens is 342 g/mol. The molecule has 0 radical (unpaired) electrons. The van der Waals surface area contributed by atoms with Crippen molar-refractivity contribution in [3.63, 3.8) is 0 Å². The minimum absolute atomic E-state index is 0.0671. The zero-order valence-corrected chi connectivity index (χ0v) is 16.5. The lowest BCUT2D eigenvalue weighted by Gasteiger charge is -2.27. The summed E-state index contributed by atoms with van der Waals surface area (Å²) in [6.45, 7) is 7.21. The van der Waals surface area contributed by atoms with Crippen molar-refractivity contribution < 1.29 is 19.1 Å². The van der Waals surface area contributed by atoms with Gasteiger partial charge in [-0.3, -0.25) is 4.79 Å². The first kappa shape index (κ1) is 20.5. The zero-order valence-electron chi connectivity index (χ0n) is 16.5. The van der Waals surface area contributed by atoms with Gasteiger partial charge in [-0.15, -0.1) is 0 Å². The van der Waals surface area contributed by atoms with E-state index in [0.29, 0.717) is 11.3 Å². The van der Waals surface area contributed by atoms with Crippen molar-refractivity contribution in [2.45, 2.75) is 39.3 Å². The number of hydrogen-bond donors (Lipinski definition) is 1. The molecule has 0 spiro atoms. The van der Waals surface area contributed by atoms with Crippen LogP contribution in [0.25, 0.3) is 0 Å². The van der Waals surface area contributed by atoms with E-state index < -0.39 is 23.7 Å². The highest BCUT2D eigenvalue weighted by Crippen LogP contribution is 2.26. The number of ketones is 1. The number of methoxy groups -OCH3 is 1. The molecular formula is C22H27NO4. The van der Waals surface area contributed by atoms with E-state index in [1.807, 2.05) is 37.3 Å². The van der Waals surface area contributed by atoms with Gasteiger partial charge in [0.1, 0.15) is 11.4 Å². The van der Waals surface area contributed by atoms with Crippen molar-refractivity contribution in [3.8, 4) is 5.75 Å². The van der Waals surface area contributed by atoms with Gasteiger partial charge in [0.25, 0.3) is 0 Å². The molecule has 0 saturated heterocycles. The predicted octanol–water partition coefficient (Wildman–Crippen LogP) is 4.78. The third-order valence-corrected chi connectivity index (χ3v) is 4.12. The zero-order chi connectivity index (χ0) is 20.0. The van der Waals surface area contributed by atoms with E-state index in [0.717, 1.165) is 5.56 Å². The fourth-order valence-corrected chi connectivity index (χ4v) is 2.76. The maximum Gasteiger partial charge on any atom is 0.408 e. The molecule has 0 aliphatic carbocycles. The second kappa shape index (κ2) is 8.71. The highest BCUT2D eigenvalue weighted by Gasteiger charge is 2.29. The average Bonchev–Trinajstić information content (AvgIpc) is 2.64. The molecule has 0 unspecified atom stereocenters. The smallest absolute Gasteiger partial charge is 0.408 e. The topological polar surface area (TPSA) is 64.6 Å². The van der Waals surface area contributed by atoms with Crippen molar-refractivity contribution in [1.82, 2.24) is 5.32 Å². The van der Waals surface area contributed by atoms with Crippen LogP contribution in [0.3, 0.4) is 0 Å². The Morgan fingerprint density at radius 2 is 1.56 bits per heavy atom. The normalized spacial score (nSPS) is 13.4. The van der Waals surface area contributed by atoms with Crippen LogP contribution in [0.2, 0.25) is 0 Å². The van der Waals surface area contributed by atoms with Crippen LogP contribution in [0.4, 0.5) is 4.79 Å². The number of nitrogens with one attached hydrogen (secondary N) is 1. The maximum absolute atomic E-state index is 13.0. The van der Waals surface area contributed by atoms with Crippen LogP contribution in [0.5, 0.6) is 5.75 Å².